The number of nitrogens with two attached hydrogens (primary N) is 1. The van der Waals surface area contributed by atoms with E-state index < -0.39 is 18.0 Å². The van der Waals surface area contributed by atoms with E-state index in [9.17, 15) is 14.4 Å². The summed E-state index contributed by atoms with van der Waals surface area (Å²) in [5.74, 6) is -0.680. The summed E-state index contributed by atoms with van der Waals surface area (Å²) >= 11 is 0. The SMILES string of the molecule is N#CCOC(=O)C(CN)(CCOC=O)CCOC=O. The van der Waals surface area contributed by atoms with Crippen LogP contribution in [0, 0.1) is 16.7 Å². The van der Waals surface area contributed by atoms with E-state index in [4.69, 9.17) is 15.7 Å². The summed E-state index contributed by atoms with van der Waals surface area (Å²) in [5, 5.41) is 8.38. The molecular weight excluding hydrogens is 256 g/mol. The van der Waals surface area contributed by atoms with Gasteiger partial charge >= 0.3 is 5.97 Å². The number of ether oxygens (including phenoxy) is 3. The highest BCUT2D eigenvalue weighted by atomic mass is 16.5. The van der Waals surface area contributed by atoms with Crippen LogP contribution in [-0.2, 0) is 28.6 Å². The Morgan fingerprint density at radius 3 is 2.11 bits per heavy atom. The van der Waals surface area contributed by atoms with E-state index in [1.54, 1.807) is 6.07 Å². The van der Waals surface area contributed by atoms with E-state index >= 15 is 0 Å². The predicted octanol–water partition coefficient (Wildman–Crippen LogP) is -0.876. The first-order valence-electron chi connectivity index (χ1n) is 5.51. The first-order valence-corrected chi connectivity index (χ1v) is 5.51. The second-order valence-corrected chi connectivity index (χ2v) is 3.65. The Kier molecular flexibility index (Phi) is 8.74. The van der Waals surface area contributed by atoms with E-state index in [-0.39, 0.29) is 45.5 Å². The van der Waals surface area contributed by atoms with Gasteiger partial charge in [-0.15, -0.1) is 0 Å². The molecule has 0 saturated heterocycles. The zero-order chi connectivity index (χ0) is 14.6. The summed E-state index contributed by atoms with van der Waals surface area (Å²) in [7, 11) is 0. The summed E-state index contributed by atoms with van der Waals surface area (Å²) in [6.45, 7) is -0.0220. The predicted molar refractivity (Wildman–Crippen MR) is 61.3 cm³/mol. The quantitative estimate of drug-likeness (QED) is 0.222. The summed E-state index contributed by atoms with van der Waals surface area (Å²) in [6, 6.07) is 1.67. The lowest BCUT2D eigenvalue weighted by Crippen LogP contribution is -2.42. The van der Waals surface area contributed by atoms with Gasteiger partial charge in [-0.3, -0.25) is 14.4 Å². The average molecular weight is 272 g/mol. The van der Waals surface area contributed by atoms with Crippen molar-refractivity contribution in [3.05, 3.63) is 0 Å². The zero-order valence-electron chi connectivity index (χ0n) is 10.4. The van der Waals surface area contributed by atoms with Crippen LogP contribution in [0.25, 0.3) is 0 Å². The topological polar surface area (TPSA) is 129 Å². The molecule has 0 heterocycles. The van der Waals surface area contributed by atoms with Crippen molar-refractivity contribution in [1.82, 2.24) is 0 Å². The van der Waals surface area contributed by atoms with E-state index in [0.29, 0.717) is 0 Å². The van der Waals surface area contributed by atoms with Crippen molar-refractivity contribution in [3.8, 4) is 6.07 Å². The van der Waals surface area contributed by atoms with Gasteiger partial charge in [-0.25, -0.2) is 0 Å². The van der Waals surface area contributed by atoms with Crippen molar-refractivity contribution in [2.75, 3.05) is 26.4 Å². The van der Waals surface area contributed by atoms with Crippen LogP contribution in [0.4, 0.5) is 0 Å². The van der Waals surface area contributed by atoms with Crippen molar-refractivity contribution in [3.63, 3.8) is 0 Å². The van der Waals surface area contributed by atoms with Gasteiger partial charge < -0.3 is 19.9 Å². The summed E-state index contributed by atoms with van der Waals surface area (Å²) in [6.07, 6.45) is 0.240. The monoisotopic (exact) mass is 272 g/mol. The molecule has 0 aromatic carbocycles. The molecule has 0 aliphatic heterocycles. The summed E-state index contributed by atoms with van der Waals surface area (Å²) in [4.78, 5) is 32.1. The van der Waals surface area contributed by atoms with Crippen molar-refractivity contribution < 1.29 is 28.6 Å². The minimum absolute atomic E-state index is 0.0244. The highest BCUT2D eigenvalue weighted by molar-refractivity contribution is 5.77. The Bertz CT molecular complexity index is 325. The van der Waals surface area contributed by atoms with Gasteiger partial charge in [0.1, 0.15) is 6.07 Å². The molecule has 0 rings (SSSR count). The van der Waals surface area contributed by atoms with Gasteiger partial charge in [0.15, 0.2) is 6.61 Å². The van der Waals surface area contributed by atoms with Gasteiger partial charge in [0.05, 0.1) is 18.6 Å². The van der Waals surface area contributed by atoms with E-state index in [0.717, 1.165) is 0 Å². The standard InChI is InChI=1S/C11H16N2O6/c12-3-6-19-10(16)11(7-13,1-4-17-8-14)2-5-18-9-15/h8-9H,1-2,4-7,13H2. The number of nitriles is 1. The molecule has 8 nitrogen and oxygen atoms in total. The van der Waals surface area contributed by atoms with Gasteiger partial charge in [-0.1, -0.05) is 0 Å². The molecular formula is C11H16N2O6. The number of esters is 1. The molecule has 0 aromatic heterocycles. The Balaban J connectivity index is 4.71. The molecule has 8 heteroatoms. The Labute approximate surface area is 110 Å². The second-order valence-electron chi connectivity index (χ2n) is 3.65. The lowest BCUT2D eigenvalue weighted by Gasteiger charge is -2.28. The molecule has 2 N–H and O–H groups in total. The van der Waals surface area contributed by atoms with Crippen molar-refractivity contribution >= 4 is 18.9 Å². The molecule has 106 valence electrons. The van der Waals surface area contributed by atoms with Crippen LogP contribution in [0.2, 0.25) is 0 Å². The third kappa shape index (κ3) is 5.83. The minimum atomic E-state index is -1.15. The smallest absolute Gasteiger partial charge is 0.314 e. The van der Waals surface area contributed by atoms with Crippen LogP contribution in [0.1, 0.15) is 12.8 Å². The fraction of sp³-hybridized carbons (Fsp3) is 0.636. The molecule has 0 saturated carbocycles. The molecule has 0 spiro atoms. The van der Waals surface area contributed by atoms with Crippen LogP contribution >= 0.6 is 0 Å². The molecule has 19 heavy (non-hydrogen) atoms. The maximum atomic E-state index is 11.9. The lowest BCUT2D eigenvalue weighted by molar-refractivity contribution is -0.158. The van der Waals surface area contributed by atoms with Crippen molar-refractivity contribution in [1.29, 1.82) is 5.26 Å². The zero-order valence-corrected chi connectivity index (χ0v) is 10.4. The first kappa shape index (κ1) is 16.9. The van der Waals surface area contributed by atoms with Crippen LogP contribution in [0.15, 0.2) is 0 Å². The summed E-state index contributed by atoms with van der Waals surface area (Å²) in [5.41, 5.74) is 4.42. The Morgan fingerprint density at radius 2 is 1.74 bits per heavy atom. The van der Waals surface area contributed by atoms with Crippen molar-refractivity contribution in [2.24, 2.45) is 11.1 Å². The van der Waals surface area contributed by atoms with E-state index in [2.05, 4.69) is 9.47 Å². The van der Waals surface area contributed by atoms with Gasteiger partial charge in [-0.05, 0) is 12.8 Å². The Hall–Kier alpha value is -2.14. The molecule has 0 fully saturated rings. The van der Waals surface area contributed by atoms with Gasteiger partial charge in [0.25, 0.3) is 12.9 Å². The molecule has 0 unspecified atom stereocenters. The molecule has 0 amide bonds. The number of carbonyl (C=O) groups excluding carboxylic acids is 3. The average Bonchev–Trinajstić information content (AvgIpc) is 2.43. The number of hydrogen-bond acceptors (Lipinski definition) is 8. The second kappa shape index (κ2) is 9.85. The number of rotatable bonds is 11. The Morgan fingerprint density at radius 1 is 1.21 bits per heavy atom. The molecule has 0 aliphatic rings. The fourth-order valence-electron chi connectivity index (χ4n) is 1.47. The van der Waals surface area contributed by atoms with Crippen LogP contribution in [0.5, 0.6) is 0 Å². The number of carbonyl (C=O) groups is 3. The number of nitrogens with zero attached hydrogens (tertiary/aromatic N) is 1. The molecule has 0 aliphatic carbocycles. The van der Waals surface area contributed by atoms with Gasteiger partial charge in [0.2, 0.25) is 0 Å². The third-order valence-electron chi connectivity index (χ3n) is 2.62. The molecule has 0 aromatic rings. The maximum Gasteiger partial charge on any atom is 0.314 e. The van der Waals surface area contributed by atoms with Gasteiger partial charge in [0, 0.05) is 6.54 Å². The largest absolute Gasteiger partial charge is 0.468 e. The highest BCUT2D eigenvalue weighted by Gasteiger charge is 2.38. The van der Waals surface area contributed by atoms with E-state index in [1.807, 2.05) is 0 Å². The lowest BCUT2D eigenvalue weighted by atomic mass is 9.81. The van der Waals surface area contributed by atoms with Gasteiger partial charge in [-0.2, -0.15) is 5.26 Å². The van der Waals surface area contributed by atoms with Crippen LogP contribution < -0.4 is 5.73 Å². The third-order valence-corrected chi connectivity index (χ3v) is 2.62. The normalized spacial score (nSPS) is 10.1. The van der Waals surface area contributed by atoms with Crippen LogP contribution in [0.3, 0.4) is 0 Å². The first-order chi connectivity index (χ1) is 9.16. The van der Waals surface area contributed by atoms with Crippen molar-refractivity contribution in [2.45, 2.75) is 12.8 Å². The maximum absolute atomic E-state index is 11.9. The molecule has 0 bridgehead atoms. The minimum Gasteiger partial charge on any atom is -0.468 e. The fourth-order valence-corrected chi connectivity index (χ4v) is 1.47. The molecule has 0 atom stereocenters. The number of hydrogen-bond donors (Lipinski definition) is 1. The van der Waals surface area contributed by atoms with E-state index in [1.165, 1.54) is 0 Å². The summed E-state index contributed by atoms with van der Waals surface area (Å²) < 4.78 is 13.8. The molecule has 0 radical (unpaired) electrons. The highest BCUT2D eigenvalue weighted by Crippen LogP contribution is 2.27. The van der Waals surface area contributed by atoms with Crippen LogP contribution in [-0.4, -0.2) is 45.3 Å².